The van der Waals surface area contributed by atoms with Crippen molar-refractivity contribution < 1.29 is 9.21 Å². The average Bonchev–Trinajstić information content (AvgIpc) is 2.92. The molecule has 0 fully saturated rings. The van der Waals surface area contributed by atoms with Crippen LogP contribution in [0.3, 0.4) is 0 Å². The first kappa shape index (κ1) is 14.1. The van der Waals surface area contributed by atoms with Crippen LogP contribution < -0.4 is 11.3 Å². The summed E-state index contributed by atoms with van der Waals surface area (Å²) in [6.45, 7) is 3.78. The standard InChI is InChI=1S/C16H15N3O3/c1-3-19-16(21)11(6-7-18-19)14-8-12-13(22-14)5-4-10(9(2)20)15(12)17/h4-8H,3,17H2,1-2H3. The number of anilines is 1. The molecule has 0 spiro atoms. The van der Waals surface area contributed by atoms with Gasteiger partial charge in [-0.1, -0.05) is 0 Å². The Kier molecular flexibility index (Phi) is 3.29. The summed E-state index contributed by atoms with van der Waals surface area (Å²) in [5.41, 5.74) is 7.56. The van der Waals surface area contributed by atoms with E-state index < -0.39 is 0 Å². The van der Waals surface area contributed by atoms with E-state index in [1.165, 1.54) is 11.6 Å². The average molecular weight is 297 g/mol. The topological polar surface area (TPSA) is 91.1 Å². The molecule has 0 aliphatic rings. The van der Waals surface area contributed by atoms with E-state index in [1.54, 1.807) is 30.5 Å². The number of carbonyl (C=O) groups excluding carboxylic acids is 1. The molecule has 0 radical (unpaired) electrons. The highest BCUT2D eigenvalue weighted by atomic mass is 16.3. The van der Waals surface area contributed by atoms with Crippen LogP contribution in [0.25, 0.3) is 22.3 Å². The molecular formula is C16H15N3O3. The van der Waals surface area contributed by atoms with Crippen molar-refractivity contribution >= 4 is 22.4 Å². The zero-order chi connectivity index (χ0) is 15.9. The lowest BCUT2D eigenvalue weighted by atomic mass is 10.1. The minimum absolute atomic E-state index is 0.112. The highest BCUT2D eigenvalue weighted by Gasteiger charge is 2.15. The Morgan fingerprint density at radius 3 is 2.82 bits per heavy atom. The van der Waals surface area contributed by atoms with Crippen LogP contribution in [0.2, 0.25) is 0 Å². The molecule has 3 rings (SSSR count). The Labute approximate surface area is 126 Å². The summed E-state index contributed by atoms with van der Waals surface area (Å²) < 4.78 is 7.07. The number of aryl methyl sites for hydroxylation is 1. The first-order valence-electron chi connectivity index (χ1n) is 6.92. The van der Waals surface area contributed by atoms with Crippen molar-refractivity contribution in [1.82, 2.24) is 9.78 Å². The van der Waals surface area contributed by atoms with E-state index in [0.29, 0.717) is 40.1 Å². The van der Waals surface area contributed by atoms with Crippen molar-refractivity contribution in [1.29, 1.82) is 0 Å². The third kappa shape index (κ3) is 2.09. The molecular weight excluding hydrogens is 282 g/mol. The van der Waals surface area contributed by atoms with Gasteiger partial charge in [0.25, 0.3) is 5.56 Å². The van der Waals surface area contributed by atoms with Gasteiger partial charge in [0.15, 0.2) is 5.78 Å². The number of nitrogens with zero attached hydrogens (tertiary/aromatic N) is 2. The fraction of sp³-hybridized carbons (Fsp3) is 0.188. The van der Waals surface area contributed by atoms with Crippen LogP contribution in [0.1, 0.15) is 24.2 Å². The minimum atomic E-state index is -0.227. The zero-order valence-electron chi connectivity index (χ0n) is 12.3. The van der Waals surface area contributed by atoms with Crippen LogP contribution in [-0.2, 0) is 6.54 Å². The van der Waals surface area contributed by atoms with Crippen molar-refractivity contribution in [3.8, 4) is 11.3 Å². The normalized spacial score (nSPS) is 11.0. The molecule has 0 unspecified atom stereocenters. The molecule has 0 amide bonds. The van der Waals surface area contributed by atoms with Gasteiger partial charge in [0.2, 0.25) is 0 Å². The van der Waals surface area contributed by atoms with E-state index in [4.69, 9.17) is 10.2 Å². The Morgan fingerprint density at radius 1 is 1.36 bits per heavy atom. The molecule has 0 aliphatic heterocycles. The van der Waals surface area contributed by atoms with E-state index >= 15 is 0 Å². The second-order valence-electron chi connectivity index (χ2n) is 4.97. The molecule has 0 saturated carbocycles. The maximum Gasteiger partial charge on any atom is 0.277 e. The number of aromatic nitrogens is 2. The summed E-state index contributed by atoms with van der Waals surface area (Å²) in [6, 6.07) is 6.61. The summed E-state index contributed by atoms with van der Waals surface area (Å²) in [5.74, 6) is 0.302. The molecule has 2 heterocycles. The summed E-state index contributed by atoms with van der Waals surface area (Å²) in [6.07, 6.45) is 1.55. The van der Waals surface area contributed by atoms with Crippen LogP contribution in [0.15, 0.2) is 39.7 Å². The molecule has 22 heavy (non-hydrogen) atoms. The van der Waals surface area contributed by atoms with Crippen molar-refractivity contribution in [3.63, 3.8) is 0 Å². The number of ketones is 1. The van der Waals surface area contributed by atoms with Gasteiger partial charge < -0.3 is 10.2 Å². The molecule has 0 atom stereocenters. The van der Waals surface area contributed by atoms with E-state index in [2.05, 4.69) is 5.10 Å². The molecule has 0 aliphatic carbocycles. The van der Waals surface area contributed by atoms with Crippen molar-refractivity contribution in [3.05, 3.63) is 46.4 Å². The van der Waals surface area contributed by atoms with Crippen LogP contribution in [0.5, 0.6) is 0 Å². The van der Waals surface area contributed by atoms with Crippen LogP contribution in [0, 0.1) is 0 Å². The Hall–Kier alpha value is -2.89. The SMILES string of the molecule is CCn1nccc(-c2cc3c(N)c(C(C)=O)ccc3o2)c1=O. The number of nitrogen functional groups attached to an aromatic ring is 1. The number of hydrogen-bond donors (Lipinski definition) is 1. The van der Waals surface area contributed by atoms with Crippen LogP contribution >= 0.6 is 0 Å². The van der Waals surface area contributed by atoms with Crippen molar-refractivity contribution in [2.45, 2.75) is 20.4 Å². The predicted octanol–water partition coefficient (Wildman–Crippen LogP) is 2.46. The quantitative estimate of drug-likeness (QED) is 0.592. The maximum absolute atomic E-state index is 12.3. The molecule has 1 aromatic carbocycles. The number of benzene rings is 1. The molecule has 112 valence electrons. The third-order valence-corrected chi connectivity index (χ3v) is 3.60. The molecule has 3 aromatic rings. The summed E-state index contributed by atoms with van der Waals surface area (Å²) in [5, 5.41) is 4.61. The Bertz CT molecular complexity index is 937. The van der Waals surface area contributed by atoms with Gasteiger partial charge in [-0.15, -0.1) is 0 Å². The van der Waals surface area contributed by atoms with Crippen LogP contribution in [-0.4, -0.2) is 15.6 Å². The molecule has 2 aromatic heterocycles. The Morgan fingerprint density at radius 2 is 2.14 bits per heavy atom. The van der Waals surface area contributed by atoms with E-state index in [1.807, 2.05) is 6.92 Å². The highest BCUT2D eigenvalue weighted by molar-refractivity contribution is 6.07. The van der Waals surface area contributed by atoms with Gasteiger partial charge in [0.1, 0.15) is 11.3 Å². The minimum Gasteiger partial charge on any atom is -0.456 e. The smallest absolute Gasteiger partial charge is 0.277 e. The summed E-state index contributed by atoms with van der Waals surface area (Å²) in [7, 11) is 0. The monoisotopic (exact) mass is 297 g/mol. The number of fused-ring (bicyclic) bond motifs is 1. The second-order valence-corrected chi connectivity index (χ2v) is 4.97. The highest BCUT2D eigenvalue weighted by Crippen LogP contribution is 2.31. The lowest BCUT2D eigenvalue weighted by Gasteiger charge is -2.01. The largest absolute Gasteiger partial charge is 0.456 e. The summed E-state index contributed by atoms with van der Waals surface area (Å²) >= 11 is 0. The Balaban J connectivity index is 2.24. The first-order chi connectivity index (χ1) is 10.5. The lowest BCUT2D eigenvalue weighted by molar-refractivity contribution is 0.101. The molecule has 0 saturated heterocycles. The van der Waals surface area contributed by atoms with E-state index in [-0.39, 0.29) is 11.3 Å². The number of furan rings is 1. The van der Waals surface area contributed by atoms with Crippen molar-refractivity contribution in [2.75, 3.05) is 5.73 Å². The molecule has 2 N–H and O–H groups in total. The number of nitrogens with two attached hydrogens (primary N) is 1. The third-order valence-electron chi connectivity index (χ3n) is 3.60. The number of carbonyl (C=O) groups is 1. The fourth-order valence-electron chi connectivity index (χ4n) is 2.44. The van der Waals surface area contributed by atoms with Crippen molar-refractivity contribution in [2.24, 2.45) is 0 Å². The van der Waals surface area contributed by atoms with Crippen LogP contribution in [0.4, 0.5) is 5.69 Å². The molecule has 6 heteroatoms. The molecule has 0 bridgehead atoms. The van der Waals surface area contributed by atoms with Gasteiger partial charge in [0.05, 0.1) is 11.3 Å². The molecule has 6 nitrogen and oxygen atoms in total. The van der Waals surface area contributed by atoms with Gasteiger partial charge in [-0.3, -0.25) is 9.59 Å². The van der Waals surface area contributed by atoms with Gasteiger partial charge in [-0.05, 0) is 38.1 Å². The number of hydrogen-bond acceptors (Lipinski definition) is 5. The number of Topliss-reactive ketones (excluding diaryl/α,β-unsaturated/α-hetero) is 1. The zero-order valence-corrected chi connectivity index (χ0v) is 12.3. The second kappa shape index (κ2) is 5.14. The van der Waals surface area contributed by atoms with Gasteiger partial charge in [0, 0.05) is 23.7 Å². The fourth-order valence-corrected chi connectivity index (χ4v) is 2.44. The van der Waals surface area contributed by atoms with Gasteiger partial charge >= 0.3 is 0 Å². The predicted molar refractivity (Wildman–Crippen MR) is 83.8 cm³/mol. The maximum atomic E-state index is 12.3. The number of rotatable bonds is 3. The van der Waals surface area contributed by atoms with Gasteiger partial charge in [-0.2, -0.15) is 5.10 Å². The van der Waals surface area contributed by atoms with E-state index in [9.17, 15) is 9.59 Å². The summed E-state index contributed by atoms with van der Waals surface area (Å²) in [4.78, 5) is 23.8. The first-order valence-corrected chi connectivity index (χ1v) is 6.92. The van der Waals surface area contributed by atoms with Gasteiger partial charge in [-0.25, -0.2) is 4.68 Å². The lowest BCUT2D eigenvalue weighted by Crippen LogP contribution is -2.22. The van der Waals surface area contributed by atoms with E-state index in [0.717, 1.165) is 0 Å².